The van der Waals surface area contributed by atoms with Crippen molar-refractivity contribution in [1.29, 1.82) is 4.78 Å². The Morgan fingerprint density at radius 1 is 1.83 bits per heavy atom. The van der Waals surface area contributed by atoms with Crippen LogP contribution in [0, 0.1) is 4.78 Å². The SMILES string of the molecule is N=S1C=CN=C1.[HH]. The van der Waals surface area contributed by atoms with Gasteiger partial charge in [0.15, 0.2) is 0 Å². The van der Waals surface area contributed by atoms with Gasteiger partial charge in [0.05, 0.1) is 5.55 Å². The van der Waals surface area contributed by atoms with Gasteiger partial charge in [0.25, 0.3) is 0 Å². The zero-order valence-electron chi connectivity index (χ0n) is 3.09. The number of hydrogen-bond donors (Lipinski definition) is 1. The first-order chi connectivity index (χ1) is 2.89. The summed E-state index contributed by atoms with van der Waals surface area (Å²) in [5.41, 5.74) is 1.61. The first-order valence-electron chi connectivity index (χ1n) is 1.53. The van der Waals surface area contributed by atoms with Crippen molar-refractivity contribution in [3.63, 3.8) is 0 Å². The van der Waals surface area contributed by atoms with Crippen LogP contribution in [0.5, 0.6) is 0 Å². The summed E-state index contributed by atoms with van der Waals surface area (Å²) in [6, 6.07) is 0. The molecule has 0 bridgehead atoms. The van der Waals surface area contributed by atoms with Crippen LogP contribution in [-0.4, -0.2) is 5.55 Å². The van der Waals surface area contributed by atoms with Crippen LogP contribution < -0.4 is 0 Å². The van der Waals surface area contributed by atoms with Crippen molar-refractivity contribution >= 4 is 16.2 Å². The molecule has 34 valence electrons. The van der Waals surface area contributed by atoms with E-state index in [-0.39, 0.29) is 1.43 Å². The van der Waals surface area contributed by atoms with E-state index in [9.17, 15) is 0 Å². The summed E-state index contributed by atoms with van der Waals surface area (Å²) < 4.78 is 6.92. The highest BCUT2D eigenvalue weighted by Gasteiger charge is 1.82. The Morgan fingerprint density at radius 2 is 2.67 bits per heavy atom. The Bertz CT molecular complexity index is 115. The van der Waals surface area contributed by atoms with Gasteiger partial charge >= 0.3 is 0 Å². The van der Waals surface area contributed by atoms with Crippen molar-refractivity contribution < 1.29 is 1.43 Å². The van der Waals surface area contributed by atoms with Gasteiger partial charge in [0, 0.05) is 13.0 Å². The van der Waals surface area contributed by atoms with Gasteiger partial charge in [-0.15, -0.1) is 0 Å². The number of hydrogen-bond acceptors (Lipinski definition) is 2. The summed E-state index contributed by atoms with van der Waals surface area (Å²) in [5.74, 6) is 0. The van der Waals surface area contributed by atoms with E-state index in [1.54, 1.807) is 17.2 Å². The molecule has 1 N–H and O–H groups in total. The lowest BCUT2D eigenvalue weighted by atomic mass is 11.1. The Labute approximate surface area is 40.0 Å². The van der Waals surface area contributed by atoms with Gasteiger partial charge < -0.3 is 0 Å². The Balaban J connectivity index is 0.000000360. The van der Waals surface area contributed by atoms with Gasteiger partial charge in [0.2, 0.25) is 0 Å². The normalized spacial score (nSPS) is 29.0. The zero-order chi connectivity index (χ0) is 4.41. The highest BCUT2D eigenvalue weighted by atomic mass is 32.2. The van der Waals surface area contributed by atoms with E-state index in [1.165, 1.54) is 0 Å². The number of nitrogens with one attached hydrogen (secondary N) is 1. The molecule has 0 aromatic carbocycles. The fraction of sp³-hybridized carbons (Fsp3) is 0. The van der Waals surface area contributed by atoms with Crippen LogP contribution in [0.15, 0.2) is 16.6 Å². The lowest BCUT2D eigenvalue weighted by Crippen LogP contribution is -1.69. The van der Waals surface area contributed by atoms with Crippen molar-refractivity contribution in [2.45, 2.75) is 0 Å². The first kappa shape index (κ1) is 3.74. The Morgan fingerprint density at radius 3 is 2.83 bits per heavy atom. The summed E-state index contributed by atoms with van der Waals surface area (Å²) in [6.07, 6.45) is 1.65. The van der Waals surface area contributed by atoms with E-state index in [0.717, 1.165) is 0 Å². The highest BCUT2D eigenvalue weighted by molar-refractivity contribution is 8.02. The highest BCUT2D eigenvalue weighted by Crippen LogP contribution is 1.89. The molecule has 1 rings (SSSR count). The number of nitrogens with zero attached hydrogens (tertiary/aromatic N) is 1. The van der Waals surface area contributed by atoms with Crippen LogP contribution in [0.25, 0.3) is 0 Å². The predicted octanol–water partition coefficient (Wildman–Crippen LogP) is 1.13. The van der Waals surface area contributed by atoms with Crippen molar-refractivity contribution in [2.24, 2.45) is 4.99 Å². The minimum absolute atomic E-state index is 0. The molecule has 0 radical (unpaired) electrons. The zero-order valence-corrected chi connectivity index (χ0v) is 3.90. The molecule has 0 saturated carbocycles. The molecule has 2 nitrogen and oxygen atoms in total. The maximum atomic E-state index is 6.92. The molecule has 1 unspecified atom stereocenters. The van der Waals surface area contributed by atoms with Crippen LogP contribution >= 0.6 is 0 Å². The predicted molar refractivity (Wildman–Crippen MR) is 29.8 cm³/mol. The van der Waals surface area contributed by atoms with E-state index in [1.807, 2.05) is 0 Å². The van der Waals surface area contributed by atoms with E-state index in [4.69, 9.17) is 4.78 Å². The van der Waals surface area contributed by atoms with Gasteiger partial charge in [-0.25, -0.2) is 0 Å². The topological polar surface area (TPSA) is 36.2 Å². The average molecular weight is 102 g/mol. The lowest BCUT2D eigenvalue weighted by Gasteiger charge is -1.69. The van der Waals surface area contributed by atoms with Crippen LogP contribution in [0.4, 0.5) is 0 Å². The third-order valence-corrected chi connectivity index (χ3v) is 1.23. The van der Waals surface area contributed by atoms with Crippen LogP contribution in [0.3, 0.4) is 0 Å². The van der Waals surface area contributed by atoms with Crippen LogP contribution in [0.2, 0.25) is 0 Å². The second-order valence-corrected chi connectivity index (χ2v) is 2.14. The average Bonchev–Trinajstić information content (AvgIpc) is 1.86. The first-order valence-corrected chi connectivity index (χ1v) is 2.88. The number of rotatable bonds is 0. The summed E-state index contributed by atoms with van der Waals surface area (Å²) in [6.45, 7) is 0. The van der Waals surface area contributed by atoms with E-state index < -0.39 is 10.7 Å². The molecular weight excluding hydrogens is 96.1 g/mol. The molecule has 0 aromatic rings. The molecule has 0 fully saturated rings. The van der Waals surface area contributed by atoms with Crippen LogP contribution in [0.1, 0.15) is 1.43 Å². The van der Waals surface area contributed by atoms with E-state index >= 15 is 0 Å². The third-order valence-electron chi connectivity index (χ3n) is 0.468. The fourth-order valence-corrected chi connectivity index (χ4v) is 0.710. The number of aliphatic imine (C=N–C) groups is 1. The van der Waals surface area contributed by atoms with Gasteiger partial charge in [-0.05, 0) is 10.7 Å². The maximum absolute atomic E-state index is 6.92. The molecule has 1 aliphatic rings. The van der Waals surface area contributed by atoms with Gasteiger partial charge in [-0.1, -0.05) is 0 Å². The summed E-state index contributed by atoms with van der Waals surface area (Å²) in [5, 5.41) is 1.75. The minimum Gasteiger partial charge on any atom is -0.270 e. The molecule has 0 amide bonds. The monoisotopic (exact) mass is 102 g/mol. The maximum Gasteiger partial charge on any atom is 0.0744 e. The van der Waals surface area contributed by atoms with Gasteiger partial charge in [0.1, 0.15) is 0 Å². The minimum atomic E-state index is -0.395. The third kappa shape index (κ3) is 0.542. The van der Waals surface area contributed by atoms with Gasteiger partial charge in [-0.3, -0.25) is 9.77 Å². The second kappa shape index (κ2) is 1.34. The summed E-state index contributed by atoms with van der Waals surface area (Å²) >= 11 is 0. The molecular formula is C3H6N2S. The standard InChI is InChI=1S/C3H4N2S.H2/c4-6-2-1-5-3-6;/h1-4H;1H. The smallest absolute Gasteiger partial charge is 0.0744 e. The van der Waals surface area contributed by atoms with Crippen molar-refractivity contribution in [3.05, 3.63) is 11.6 Å². The van der Waals surface area contributed by atoms with Crippen LogP contribution in [-0.2, 0) is 10.7 Å². The largest absolute Gasteiger partial charge is 0.270 e. The fourth-order valence-electron chi connectivity index (χ4n) is 0.237. The van der Waals surface area contributed by atoms with Crippen molar-refractivity contribution in [2.75, 3.05) is 0 Å². The quantitative estimate of drug-likeness (QED) is 0.476. The summed E-state index contributed by atoms with van der Waals surface area (Å²) in [4.78, 5) is 3.68. The van der Waals surface area contributed by atoms with Crippen molar-refractivity contribution in [3.8, 4) is 0 Å². The molecule has 1 heterocycles. The molecule has 3 heteroatoms. The van der Waals surface area contributed by atoms with E-state index in [0.29, 0.717) is 0 Å². The summed E-state index contributed by atoms with van der Waals surface area (Å²) in [7, 11) is -0.395. The molecule has 6 heavy (non-hydrogen) atoms. The molecule has 0 aliphatic carbocycles. The Kier molecular flexibility index (Phi) is 0.837. The van der Waals surface area contributed by atoms with Crippen molar-refractivity contribution in [1.82, 2.24) is 0 Å². The molecule has 0 spiro atoms. The second-order valence-electron chi connectivity index (χ2n) is 0.911. The molecule has 1 atom stereocenters. The molecule has 0 saturated heterocycles. The molecule has 0 aromatic heterocycles. The Hall–Kier alpha value is -0.440. The molecule has 1 aliphatic heterocycles. The van der Waals surface area contributed by atoms with Gasteiger partial charge in [-0.2, -0.15) is 0 Å². The van der Waals surface area contributed by atoms with E-state index in [2.05, 4.69) is 4.99 Å². The lowest BCUT2D eigenvalue weighted by molar-refractivity contribution is 1.65.